The third-order valence-corrected chi connectivity index (χ3v) is 16.2. The lowest BCUT2D eigenvalue weighted by Crippen LogP contribution is -2.09. The van der Waals surface area contributed by atoms with E-state index in [1.54, 1.807) is 0 Å². The monoisotopic (exact) mass is 1020 g/mol. The Morgan fingerprint density at radius 2 is 0.537 bits per heavy atom. The van der Waals surface area contributed by atoms with Gasteiger partial charge in [-0.2, -0.15) is 0 Å². The van der Waals surface area contributed by atoms with Crippen molar-refractivity contribution in [1.82, 2.24) is 4.57 Å². The molecule has 0 amide bonds. The molecule has 0 fully saturated rings. The maximum atomic E-state index is 2.38. The molecule has 15 rings (SSSR count). The minimum atomic E-state index is 1.08. The molecule has 80 heavy (non-hydrogen) atoms. The number of rotatable bonds is 10. The lowest BCUT2D eigenvalue weighted by molar-refractivity contribution is 1.18. The van der Waals surface area contributed by atoms with E-state index in [2.05, 4.69) is 325 Å². The lowest BCUT2D eigenvalue weighted by Gasteiger charge is -2.26. The molecule has 14 aromatic carbocycles. The molecular weight excluding hydrogens is 965 g/mol. The fraction of sp³-hybridized carbons (Fsp3) is 0. The summed E-state index contributed by atoms with van der Waals surface area (Å²) in [5, 5.41) is 10.0. The first kappa shape index (κ1) is 46.7. The zero-order chi connectivity index (χ0) is 52.9. The molecule has 1 heterocycles. The number of para-hydroxylation sites is 2. The maximum absolute atomic E-state index is 2.38. The van der Waals surface area contributed by atoms with Crippen molar-refractivity contribution in [2.24, 2.45) is 0 Å². The van der Waals surface area contributed by atoms with Gasteiger partial charge in [0.25, 0.3) is 0 Å². The number of fused-ring (bicyclic) bond motifs is 6. The molecule has 0 aliphatic heterocycles. The van der Waals surface area contributed by atoms with Gasteiger partial charge in [0.1, 0.15) is 0 Å². The molecule has 0 unspecified atom stereocenters. The molecule has 1 aromatic heterocycles. The zero-order valence-electron chi connectivity index (χ0n) is 43.9. The SMILES string of the molecule is c1ccc(-c2c3ccccc3c(-c3ccc(N(c4ccc(-c5ccc(-c6ccc7ccccc7c6)cc5)cc4)c4ccc(-c5ccc(-c6ccc7c(c6)c6ccccc6n7-c6ccccc6)cc5)cc4)cc3)c3ccccc23)cc1. The summed E-state index contributed by atoms with van der Waals surface area (Å²) >= 11 is 0. The largest absolute Gasteiger partial charge is 0.311 e. The third kappa shape index (κ3) is 8.30. The molecule has 0 bridgehead atoms. The highest BCUT2D eigenvalue weighted by atomic mass is 15.1. The van der Waals surface area contributed by atoms with Crippen LogP contribution < -0.4 is 4.90 Å². The van der Waals surface area contributed by atoms with Crippen molar-refractivity contribution >= 4 is 71.2 Å². The highest BCUT2D eigenvalue weighted by Crippen LogP contribution is 2.45. The molecule has 2 heteroatoms. The predicted octanol–water partition coefficient (Wildman–Crippen LogP) is 21.7. The van der Waals surface area contributed by atoms with E-state index in [-0.39, 0.29) is 0 Å². The Hall–Kier alpha value is -10.5. The number of anilines is 3. The van der Waals surface area contributed by atoms with Crippen molar-refractivity contribution in [2.75, 3.05) is 4.90 Å². The van der Waals surface area contributed by atoms with Crippen LogP contribution in [0.15, 0.2) is 315 Å². The molecule has 0 saturated carbocycles. The van der Waals surface area contributed by atoms with E-state index in [0.717, 1.165) is 22.6 Å². The van der Waals surface area contributed by atoms with E-state index in [0.29, 0.717) is 0 Å². The second-order valence-electron chi connectivity index (χ2n) is 20.8. The Kier molecular flexibility index (Phi) is 11.6. The molecule has 0 spiro atoms. The van der Waals surface area contributed by atoms with Crippen LogP contribution >= 0.6 is 0 Å². The van der Waals surface area contributed by atoms with Gasteiger partial charge in [0.15, 0.2) is 0 Å². The summed E-state index contributed by atoms with van der Waals surface area (Å²) in [4.78, 5) is 2.38. The molecule has 0 aliphatic carbocycles. The van der Waals surface area contributed by atoms with Gasteiger partial charge in [0, 0.05) is 33.5 Å². The average Bonchev–Trinajstić information content (AvgIpc) is 4.07. The number of nitrogens with zero attached hydrogens (tertiary/aromatic N) is 2. The maximum Gasteiger partial charge on any atom is 0.0541 e. The van der Waals surface area contributed by atoms with Crippen molar-refractivity contribution in [3.05, 3.63) is 315 Å². The number of hydrogen-bond acceptors (Lipinski definition) is 1. The first-order chi connectivity index (χ1) is 39.7. The fourth-order valence-electron chi connectivity index (χ4n) is 12.3. The summed E-state index contributed by atoms with van der Waals surface area (Å²) < 4.78 is 2.37. The van der Waals surface area contributed by atoms with Crippen molar-refractivity contribution in [2.45, 2.75) is 0 Å². The highest BCUT2D eigenvalue weighted by molar-refractivity contribution is 6.21. The second-order valence-corrected chi connectivity index (χ2v) is 20.8. The highest BCUT2D eigenvalue weighted by Gasteiger charge is 2.19. The molecule has 0 aliphatic rings. The van der Waals surface area contributed by atoms with Crippen LogP contribution in [0.2, 0.25) is 0 Å². The Morgan fingerprint density at radius 1 is 0.200 bits per heavy atom. The Bertz CT molecular complexity index is 4690. The molecular formula is C78H52N2. The van der Waals surface area contributed by atoms with Crippen LogP contribution in [0.4, 0.5) is 17.1 Å². The van der Waals surface area contributed by atoms with Gasteiger partial charge in [-0.25, -0.2) is 0 Å². The molecule has 0 saturated heterocycles. The van der Waals surface area contributed by atoms with Crippen LogP contribution in [0, 0.1) is 0 Å². The summed E-state index contributed by atoms with van der Waals surface area (Å²) in [5.74, 6) is 0. The first-order valence-electron chi connectivity index (χ1n) is 27.6. The topological polar surface area (TPSA) is 8.17 Å². The fourth-order valence-corrected chi connectivity index (χ4v) is 12.3. The van der Waals surface area contributed by atoms with Gasteiger partial charge in [-0.1, -0.05) is 243 Å². The minimum absolute atomic E-state index is 1.08. The molecule has 2 nitrogen and oxygen atoms in total. The molecule has 0 radical (unpaired) electrons. The van der Waals surface area contributed by atoms with Gasteiger partial charge < -0.3 is 9.47 Å². The van der Waals surface area contributed by atoms with E-state index in [1.165, 1.54) is 121 Å². The van der Waals surface area contributed by atoms with E-state index < -0.39 is 0 Å². The average molecular weight is 1020 g/mol. The van der Waals surface area contributed by atoms with Gasteiger partial charge >= 0.3 is 0 Å². The first-order valence-corrected chi connectivity index (χ1v) is 27.6. The van der Waals surface area contributed by atoms with Crippen LogP contribution in [0.5, 0.6) is 0 Å². The van der Waals surface area contributed by atoms with Crippen molar-refractivity contribution in [3.63, 3.8) is 0 Å². The molecule has 15 aromatic rings. The second kappa shape index (κ2) is 19.8. The minimum Gasteiger partial charge on any atom is -0.311 e. The lowest BCUT2D eigenvalue weighted by atomic mass is 9.86. The summed E-state index contributed by atoms with van der Waals surface area (Å²) in [6.45, 7) is 0. The Morgan fingerprint density at radius 3 is 1.05 bits per heavy atom. The van der Waals surface area contributed by atoms with E-state index >= 15 is 0 Å². The van der Waals surface area contributed by atoms with Crippen LogP contribution in [0.1, 0.15) is 0 Å². The van der Waals surface area contributed by atoms with Crippen LogP contribution in [-0.4, -0.2) is 4.57 Å². The summed E-state index contributed by atoms with van der Waals surface area (Å²) in [7, 11) is 0. The standard InChI is InChI=1S/C78H52N2/c1-3-16-60(17-4-1)77-70-22-9-11-24-72(70)78(73-25-12-10-23-71(73)77)61-41-48-68(49-42-61)79(66-44-37-56(38-45-66)54-27-31-58(32-28-54)63-36-35-53-15-7-8-18-62(53)51-63)67-46-39-57(40-47-67)55-29-33-59(34-30-55)64-43-50-76-74(52-64)69-21-13-14-26-75(69)80(76)65-19-5-2-6-20-65/h1-52H. The predicted molar refractivity (Wildman–Crippen MR) is 341 cm³/mol. The van der Waals surface area contributed by atoms with Crippen LogP contribution in [0.25, 0.3) is 127 Å². The third-order valence-electron chi connectivity index (χ3n) is 16.2. The summed E-state index contributed by atoms with van der Waals surface area (Å²) in [6.07, 6.45) is 0. The Labute approximate surface area is 466 Å². The number of benzene rings is 14. The van der Waals surface area contributed by atoms with Crippen molar-refractivity contribution < 1.29 is 0 Å². The van der Waals surface area contributed by atoms with Gasteiger partial charge in [0.2, 0.25) is 0 Å². The Balaban J connectivity index is 0.772. The van der Waals surface area contributed by atoms with Crippen LogP contribution in [0.3, 0.4) is 0 Å². The number of aromatic nitrogens is 1. The van der Waals surface area contributed by atoms with Crippen molar-refractivity contribution in [1.29, 1.82) is 0 Å². The van der Waals surface area contributed by atoms with Crippen LogP contribution in [-0.2, 0) is 0 Å². The molecule has 374 valence electrons. The molecule has 0 atom stereocenters. The quantitative estimate of drug-likeness (QED) is 0.124. The smallest absolute Gasteiger partial charge is 0.0541 e. The van der Waals surface area contributed by atoms with Gasteiger partial charge in [-0.3, -0.25) is 0 Å². The summed E-state index contributed by atoms with van der Waals surface area (Å²) in [6, 6.07) is 115. The van der Waals surface area contributed by atoms with E-state index in [1.807, 2.05) is 0 Å². The van der Waals surface area contributed by atoms with Gasteiger partial charge in [0.05, 0.1) is 11.0 Å². The molecule has 0 N–H and O–H groups in total. The van der Waals surface area contributed by atoms with Crippen molar-refractivity contribution in [3.8, 4) is 72.4 Å². The van der Waals surface area contributed by atoms with Gasteiger partial charge in [-0.05, 0) is 172 Å². The van der Waals surface area contributed by atoms with E-state index in [9.17, 15) is 0 Å². The van der Waals surface area contributed by atoms with E-state index in [4.69, 9.17) is 0 Å². The summed E-state index contributed by atoms with van der Waals surface area (Å²) in [5.41, 5.74) is 21.3. The van der Waals surface area contributed by atoms with Gasteiger partial charge in [-0.15, -0.1) is 0 Å². The zero-order valence-corrected chi connectivity index (χ0v) is 43.9. The normalized spacial score (nSPS) is 11.5. The number of hydrogen-bond donors (Lipinski definition) is 0.